The SMILES string of the molecule is Cc1c2c(c3c4c(cccc14)CC3)Oc1cc(CC3CCCC3)cc3cc[n+](C)c-2c13. The second kappa shape index (κ2) is 6.32. The smallest absolute Gasteiger partial charge is 0.228 e. The van der Waals surface area contributed by atoms with Gasteiger partial charge in [-0.05, 0) is 71.0 Å². The Balaban J connectivity index is 1.52. The Kier molecular flexibility index (Phi) is 3.62. The summed E-state index contributed by atoms with van der Waals surface area (Å²) in [7, 11) is 2.18. The molecule has 2 nitrogen and oxygen atoms in total. The van der Waals surface area contributed by atoms with Gasteiger partial charge in [0.25, 0.3) is 0 Å². The summed E-state index contributed by atoms with van der Waals surface area (Å²) in [5.74, 6) is 3.01. The standard InChI is InChI=1S/C29H28NO/c1-17-22-9-5-8-20-10-11-23(26(20)22)29-25(17)28-27-21(12-13-30(28)2)15-19(16-24(27)31-29)14-18-6-3-4-7-18/h5,8-9,12-13,15-16,18H,3-4,6-7,10-11,14H2,1-2H3/q+1. The number of hydrogen-bond acceptors (Lipinski definition) is 1. The Hall–Kier alpha value is -2.87. The summed E-state index contributed by atoms with van der Waals surface area (Å²) in [6.45, 7) is 2.28. The van der Waals surface area contributed by atoms with Crippen LogP contribution in [0, 0.1) is 12.8 Å². The maximum absolute atomic E-state index is 6.84. The van der Waals surface area contributed by atoms with Crippen LogP contribution in [0.4, 0.5) is 0 Å². The zero-order valence-corrected chi connectivity index (χ0v) is 18.4. The van der Waals surface area contributed by atoms with Crippen molar-refractivity contribution in [3.8, 4) is 22.8 Å². The number of benzene rings is 3. The molecule has 2 heterocycles. The van der Waals surface area contributed by atoms with Gasteiger partial charge < -0.3 is 4.74 Å². The minimum Gasteiger partial charge on any atom is -0.455 e. The average Bonchev–Trinajstić information content (AvgIpc) is 3.44. The Labute approximate surface area is 183 Å². The first-order valence-electron chi connectivity index (χ1n) is 11.9. The van der Waals surface area contributed by atoms with E-state index in [1.165, 1.54) is 87.2 Å². The lowest BCUT2D eigenvalue weighted by atomic mass is 9.88. The topological polar surface area (TPSA) is 13.1 Å². The van der Waals surface area contributed by atoms with Gasteiger partial charge >= 0.3 is 0 Å². The molecule has 1 saturated carbocycles. The summed E-state index contributed by atoms with van der Waals surface area (Å²) in [6, 6.07) is 13.8. The highest BCUT2D eigenvalue weighted by atomic mass is 16.5. The first kappa shape index (κ1) is 17.8. The number of hydrogen-bond donors (Lipinski definition) is 0. The zero-order valence-electron chi connectivity index (χ0n) is 18.4. The highest BCUT2D eigenvalue weighted by molar-refractivity contribution is 6.07. The number of ether oxygens (including phenoxy) is 1. The number of rotatable bonds is 2. The fourth-order valence-corrected chi connectivity index (χ4v) is 6.62. The van der Waals surface area contributed by atoms with E-state index in [1.807, 2.05) is 0 Å². The van der Waals surface area contributed by atoms with Crippen LogP contribution in [-0.2, 0) is 26.3 Å². The monoisotopic (exact) mass is 406 g/mol. The molecule has 2 aliphatic carbocycles. The van der Waals surface area contributed by atoms with E-state index in [2.05, 4.69) is 61.1 Å². The molecule has 0 atom stereocenters. The van der Waals surface area contributed by atoms with Crippen LogP contribution in [0.15, 0.2) is 42.6 Å². The van der Waals surface area contributed by atoms with Crippen molar-refractivity contribution in [3.63, 3.8) is 0 Å². The quantitative estimate of drug-likeness (QED) is 0.296. The van der Waals surface area contributed by atoms with E-state index in [-0.39, 0.29) is 0 Å². The number of fused-ring (bicyclic) bond motifs is 3. The molecule has 4 aromatic rings. The highest BCUT2D eigenvalue weighted by Crippen LogP contribution is 2.52. The van der Waals surface area contributed by atoms with E-state index in [4.69, 9.17) is 4.74 Å². The van der Waals surface area contributed by atoms with Gasteiger partial charge in [-0.25, -0.2) is 4.57 Å². The maximum Gasteiger partial charge on any atom is 0.228 e. The molecule has 1 fully saturated rings. The third-order valence-electron chi connectivity index (χ3n) is 8.08. The zero-order chi connectivity index (χ0) is 20.7. The van der Waals surface area contributed by atoms with Crippen molar-refractivity contribution >= 4 is 21.5 Å². The van der Waals surface area contributed by atoms with Crippen molar-refractivity contribution in [3.05, 3.63) is 64.8 Å². The Bertz CT molecular complexity index is 1410. The van der Waals surface area contributed by atoms with Gasteiger partial charge in [0.15, 0.2) is 6.20 Å². The lowest BCUT2D eigenvalue weighted by Crippen LogP contribution is -2.32. The maximum atomic E-state index is 6.84. The van der Waals surface area contributed by atoms with Gasteiger partial charge in [0.1, 0.15) is 18.5 Å². The Morgan fingerprint density at radius 3 is 2.77 bits per heavy atom. The van der Waals surface area contributed by atoms with Crippen LogP contribution < -0.4 is 9.30 Å². The molecular formula is C29H28NO+. The van der Waals surface area contributed by atoms with Gasteiger partial charge in [-0.1, -0.05) is 49.9 Å². The van der Waals surface area contributed by atoms with Crippen LogP contribution in [0.2, 0.25) is 0 Å². The minimum absolute atomic E-state index is 0.839. The molecule has 154 valence electrons. The fraction of sp³-hybridized carbons (Fsp3) is 0.345. The van der Waals surface area contributed by atoms with E-state index >= 15 is 0 Å². The normalized spacial score (nSPS) is 16.8. The third-order valence-corrected chi connectivity index (χ3v) is 8.08. The van der Waals surface area contributed by atoms with Crippen molar-refractivity contribution in [2.24, 2.45) is 13.0 Å². The predicted octanol–water partition coefficient (Wildman–Crippen LogP) is 6.73. The fourth-order valence-electron chi connectivity index (χ4n) is 6.62. The van der Waals surface area contributed by atoms with Crippen LogP contribution >= 0.6 is 0 Å². The van der Waals surface area contributed by atoms with Crippen LogP contribution in [-0.4, -0.2) is 0 Å². The molecule has 1 aliphatic heterocycles. The average molecular weight is 407 g/mol. The van der Waals surface area contributed by atoms with Gasteiger partial charge in [0, 0.05) is 11.6 Å². The van der Waals surface area contributed by atoms with E-state index in [0.29, 0.717) is 0 Å². The van der Waals surface area contributed by atoms with Crippen LogP contribution in [0.5, 0.6) is 11.5 Å². The lowest BCUT2D eigenvalue weighted by molar-refractivity contribution is -0.659. The summed E-state index contributed by atoms with van der Waals surface area (Å²) in [5, 5.41) is 5.43. The van der Waals surface area contributed by atoms with Crippen LogP contribution in [0.25, 0.3) is 32.8 Å². The molecule has 0 N–H and O–H groups in total. The largest absolute Gasteiger partial charge is 0.455 e. The summed E-state index contributed by atoms with van der Waals surface area (Å²) in [4.78, 5) is 0. The van der Waals surface area contributed by atoms with Crippen molar-refractivity contribution in [2.45, 2.75) is 51.9 Å². The number of pyridine rings is 1. The van der Waals surface area contributed by atoms with E-state index < -0.39 is 0 Å². The van der Waals surface area contributed by atoms with Crippen molar-refractivity contribution in [1.82, 2.24) is 0 Å². The van der Waals surface area contributed by atoms with Gasteiger partial charge in [0.05, 0.1) is 10.9 Å². The van der Waals surface area contributed by atoms with Crippen molar-refractivity contribution in [2.75, 3.05) is 0 Å². The third kappa shape index (κ3) is 2.42. The highest BCUT2D eigenvalue weighted by Gasteiger charge is 2.34. The second-order valence-electron chi connectivity index (χ2n) is 9.94. The van der Waals surface area contributed by atoms with Crippen LogP contribution in [0.1, 0.15) is 47.9 Å². The van der Waals surface area contributed by atoms with E-state index in [0.717, 1.165) is 30.3 Å². The number of aryl methyl sites for hydroxylation is 4. The molecule has 3 aliphatic rings. The Morgan fingerprint density at radius 2 is 1.90 bits per heavy atom. The molecule has 7 rings (SSSR count). The summed E-state index contributed by atoms with van der Waals surface area (Å²) < 4.78 is 9.14. The van der Waals surface area contributed by atoms with Crippen molar-refractivity contribution in [1.29, 1.82) is 0 Å². The molecule has 0 radical (unpaired) electrons. The minimum atomic E-state index is 0.839. The lowest BCUT2D eigenvalue weighted by Gasteiger charge is -2.24. The molecule has 0 saturated heterocycles. The van der Waals surface area contributed by atoms with Crippen LogP contribution in [0.3, 0.4) is 0 Å². The number of nitrogens with zero attached hydrogens (tertiary/aromatic N) is 1. The molecular weight excluding hydrogens is 378 g/mol. The molecule has 0 amide bonds. The number of aromatic nitrogens is 1. The Morgan fingerprint density at radius 1 is 1.03 bits per heavy atom. The van der Waals surface area contributed by atoms with E-state index in [1.54, 1.807) is 0 Å². The van der Waals surface area contributed by atoms with E-state index in [9.17, 15) is 0 Å². The summed E-state index contributed by atoms with van der Waals surface area (Å²) >= 11 is 0. The van der Waals surface area contributed by atoms with Gasteiger partial charge in [-0.3, -0.25) is 0 Å². The summed E-state index contributed by atoms with van der Waals surface area (Å²) in [6.07, 6.45) is 11.2. The van der Waals surface area contributed by atoms with Gasteiger partial charge in [-0.2, -0.15) is 0 Å². The molecule has 0 bridgehead atoms. The molecule has 0 unspecified atom stereocenters. The first-order chi connectivity index (χ1) is 15.2. The van der Waals surface area contributed by atoms with Gasteiger partial charge in [0.2, 0.25) is 5.69 Å². The molecule has 31 heavy (non-hydrogen) atoms. The molecule has 3 aromatic carbocycles. The predicted molar refractivity (Wildman–Crippen MR) is 126 cm³/mol. The summed E-state index contributed by atoms with van der Waals surface area (Å²) in [5.41, 5.74) is 8.29. The molecule has 0 spiro atoms. The molecule has 2 heteroatoms. The van der Waals surface area contributed by atoms with Crippen molar-refractivity contribution < 1.29 is 9.30 Å². The van der Waals surface area contributed by atoms with Gasteiger partial charge in [-0.15, -0.1) is 0 Å². The molecule has 1 aromatic heterocycles. The first-order valence-corrected chi connectivity index (χ1v) is 11.9. The second-order valence-corrected chi connectivity index (χ2v) is 9.94.